The number of unbranched alkanes of at least 4 members (excludes halogenated alkanes) is 1. The SMILES string of the molecule is CC(C)(CCCCOc1ccccc1CCO)C(=O)O. The predicted molar refractivity (Wildman–Crippen MR) is 78.0 cm³/mol. The molecular weight excluding hydrogens is 256 g/mol. The first-order valence-corrected chi connectivity index (χ1v) is 7.02. The van der Waals surface area contributed by atoms with Gasteiger partial charge in [0.2, 0.25) is 0 Å². The lowest BCUT2D eigenvalue weighted by Gasteiger charge is -2.18. The van der Waals surface area contributed by atoms with Crippen LogP contribution in [0.3, 0.4) is 0 Å². The summed E-state index contributed by atoms with van der Waals surface area (Å²) in [5.74, 6) is 0.0470. The van der Waals surface area contributed by atoms with Crippen LogP contribution in [0.5, 0.6) is 5.75 Å². The number of ether oxygens (including phenoxy) is 1. The van der Waals surface area contributed by atoms with E-state index in [2.05, 4.69) is 0 Å². The van der Waals surface area contributed by atoms with Crippen LogP contribution in [0.15, 0.2) is 24.3 Å². The van der Waals surface area contributed by atoms with Gasteiger partial charge in [-0.05, 0) is 51.2 Å². The van der Waals surface area contributed by atoms with Crippen molar-refractivity contribution in [2.45, 2.75) is 39.5 Å². The maximum atomic E-state index is 11.0. The van der Waals surface area contributed by atoms with Crippen molar-refractivity contribution in [1.29, 1.82) is 0 Å². The molecule has 0 bridgehead atoms. The van der Waals surface area contributed by atoms with Gasteiger partial charge in [0.1, 0.15) is 5.75 Å². The zero-order chi connectivity index (χ0) is 15.0. The molecule has 1 aromatic rings. The van der Waals surface area contributed by atoms with E-state index < -0.39 is 11.4 Å². The molecular formula is C16H24O4. The topological polar surface area (TPSA) is 66.8 Å². The summed E-state index contributed by atoms with van der Waals surface area (Å²) in [4.78, 5) is 11.0. The molecule has 20 heavy (non-hydrogen) atoms. The first-order chi connectivity index (χ1) is 9.47. The molecule has 0 aromatic heterocycles. The van der Waals surface area contributed by atoms with E-state index in [1.54, 1.807) is 13.8 Å². The number of carboxylic acid groups (broad SMARTS) is 1. The van der Waals surface area contributed by atoms with Crippen LogP contribution < -0.4 is 4.74 Å². The van der Waals surface area contributed by atoms with Crippen LogP contribution in [0.2, 0.25) is 0 Å². The van der Waals surface area contributed by atoms with Crippen molar-refractivity contribution in [3.05, 3.63) is 29.8 Å². The Morgan fingerprint density at radius 1 is 1.25 bits per heavy atom. The summed E-state index contributed by atoms with van der Waals surface area (Å²) < 4.78 is 5.71. The molecule has 0 radical (unpaired) electrons. The van der Waals surface area contributed by atoms with Crippen molar-refractivity contribution in [2.24, 2.45) is 5.41 Å². The monoisotopic (exact) mass is 280 g/mol. The Hall–Kier alpha value is -1.55. The lowest BCUT2D eigenvalue weighted by Crippen LogP contribution is -2.23. The van der Waals surface area contributed by atoms with Crippen LogP contribution in [0.25, 0.3) is 0 Å². The van der Waals surface area contributed by atoms with E-state index in [9.17, 15) is 4.79 Å². The van der Waals surface area contributed by atoms with E-state index in [1.807, 2.05) is 24.3 Å². The van der Waals surface area contributed by atoms with Crippen LogP contribution in [-0.4, -0.2) is 29.4 Å². The van der Waals surface area contributed by atoms with Gasteiger partial charge in [0.05, 0.1) is 12.0 Å². The molecule has 0 spiro atoms. The van der Waals surface area contributed by atoms with E-state index in [0.29, 0.717) is 19.4 Å². The number of rotatable bonds is 9. The number of para-hydroxylation sites is 1. The minimum Gasteiger partial charge on any atom is -0.493 e. The fraction of sp³-hybridized carbons (Fsp3) is 0.562. The second-order valence-corrected chi connectivity index (χ2v) is 5.58. The van der Waals surface area contributed by atoms with Crippen LogP contribution in [-0.2, 0) is 11.2 Å². The quantitative estimate of drug-likeness (QED) is 0.683. The van der Waals surface area contributed by atoms with E-state index >= 15 is 0 Å². The van der Waals surface area contributed by atoms with Gasteiger partial charge in [0, 0.05) is 6.61 Å². The highest BCUT2D eigenvalue weighted by atomic mass is 16.5. The van der Waals surface area contributed by atoms with Gasteiger partial charge in [-0.15, -0.1) is 0 Å². The van der Waals surface area contributed by atoms with Gasteiger partial charge in [0.25, 0.3) is 0 Å². The number of carbonyl (C=O) groups is 1. The van der Waals surface area contributed by atoms with Gasteiger partial charge in [-0.25, -0.2) is 0 Å². The summed E-state index contributed by atoms with van der Waals surface area (Å²) in [5.41, 5.74) is 0.329. The van der Waals surface area contributed by atoms with Crippen LogP contribution in [0.4, 0.5) is 0 Å². The Bertz CT molecular complexity index is 426. The zero-order valence-corrected chi connectivity index (χ0v) is 12.3. The van der Waals surface area contributed by atoms with E-state index in [4.69, 9.17) is 14.9 Å². The van der Waals surface area contributed by atoms with Crippen molar-refractivity contribution < 1.29 is 19.7 Å². The molecule has 0 fully saturated rings. The van der Waals surface area contributed by atoms with E-state index in [0.717, 1.165) is 24.2 Å². The number of aliphatic hydroxyl groups excluding tert-OH is 1. The fourth-order valence-corrected chi connectivity index (χ4v) is 1.93. The molecule has 0 aliphatic carbocycles. The van der Waals surface area contributed by atoms with Crippen molar-refractivity contribution in [1.82, 2.24) is 0 Å². The second kappa shape index (κ2) is 7.90. The number of hydrogen-bond donors (Lipinski definition) is 2. The summed E-state index contributed by atoms with van der Waals surface area (Å²) >= 11 is 0. The molecule has 112 valence electrons. The minimum atomic E-state index is -0.758. The molecule has 1 aromatic carbocycles. The molecule has 0 heterocycles. The van der Waals surface area contributed by atoms with Crippen molar-refractivity contribution in [3.63, 3.8) is 0 Å². The normalized spacial score (nSPS) is 11.3. The fourth-order valence-electron chi connectivity index (χ4n) is 1.93. The summed E-state index contributed by atoms with van der Waals surface area (Å²) in [6.07, 6.45) is 2.87. The Labute approximate surface area is 120 Å². The summed E-state index contributed by atoms with van der Waals surface area (Å²) in [6, 6.07) is 7.67. The second-order valence-electron chi connectivity index (χ2n) is 5.58. The van der Waals surface area contributed by atoms with Gasteiger partial charge < -0.3 is 14.9 Å². The smallest absolute Gasteiger partial charge is 0.309 e. The van der Waals surface area contributed by atoms with Gasteiger partial charge in [0.15, 0.2) is 0 Å². The molecule has 0 unspecified atom stereocenters. The molecule has 0 saturated carbocycles. The molecule has 4 heteroatoms. The highest BCUT2D eigenvalue weighted by Gasteiger charge is 2.25. The number of hydrogen-bond acceptors (Lipinski definition) is 3. The van der Waals surface area contributed by atoms with Gasteiger partial charge >= 0.3 is 5.97 Å². The van der Waals surface area contributed by atoms with Crippen molar-refractivity contribution >= 4 is 5.97 Å². The number of aliphatic carboxylic acids is 1. The van der Waals surface area contributed by atoms with E-state index in [-0.39, 0.29) is 6.61 Å². The molecule has 0 saturated heterocycles. The maximum absolute atomic E-state index is 11.0. The third-order valence-corrected chi connectivity index (χ3v) is 3.39. The predicted octanol–water partition coefficient (Wildman–Crippen LogP) is 2.88. The zero-order valence-electron chi connectivity index (χ0n) is 12.3. The van der Waals surface area contributed by atoms with Gasteiger partial charge in [-0.2, -0.15) is 0 Å². The van der Waals surface area contributed by atoms with Crippen LogP contribution in [0.1, 0.15) is 38.7 Å². The average Bonchev–Trinajstić information content (AvgIpc) is 2.40. The number of benzene rings is 1. The summed E-state index contributed by atoms with van der Waals surface area (Å²) in [6.45, 7) is 4.16. The van der Waals surface area contributed by atoms with E-state index in [1.165, 1.54) is 0 Å². The lowest BCUT2D eigenvalue weighted by atomic mass is 9.87. The molecule has 0 aliphatic rings. The Morgan fingerprint density at radius 3 is 2.60 bits per heavy atom. The molecule has 0 atom stereocenters. The maximum Gasteiger partial charge on any atom is 0.309 e. The minimum absolute atomic E-state index is 0.104. The average molecular weight is 280 g/mol. The third kappa shape index (κ3) is 5.21. The van der Waals surface area contributed by atoms with Crippen molar-refractivity contribution in [2.75, 3.05) is 13.2 Å². The molecule has 0 aliphatic heterocycles. The first kappa shape index (κ1) is 16.5. The standard InChI is InChI=1S/C16H24O4/c1-16(2,15(18)19)10-5-6-12-20-14-8-4-3-7-13(14)9-11-17/h3-4,7-8,17H,5-6,9-12H2,1-2H3,(H,18,19). The molecule has 1 rings (SSSR count). The number of aliphatic hydroxyl groups is 1. The Balaban J connectivity index is 2.33. The van der Waals surface area contributed by atoms with Crippen LogP contribution >= 0.6 is 0 Å². The first-order valence-electron chi connectivity index (χ1n) is 7.02. The highest BCUT2D eigenvalue weighted by Crippen LogP contribution is 2.24. The third-order valence-electron chi connectivity index (χ3n) is 3.39. The molecule has 4 nitrogen and oxygen atoms in total. The summed E-state index contributed by atoms with van der Waals surface area (Å²) in [5, 5.41) is 18.0. The molecule has 0 amide bonds. The van der Waals surface area contributed by atoms with Crippen molar-refractivity contribution in [3.8, 4) is 5.75 Å². The lowest BCUT2D eigenvalue weighted by molar-refractivity contribution is -0.147. The summed E-state index contributed by atoms with van der Waals surface area (Å²) in [7, 11) is 0. The Kier molecular flexibility index (Phi) is 6.52. The van der Waals surface area contributed by atoms with Gasteiger partial charge in [-0.1, -0.05) is 18.2 Å². The van der Waals surface area contributed by atoms with Gasteiger partial charge in [-0.3, -0.25) is 4.79 Å². The largest absolute Gasteiger partial charge is 0.493 e. The molecule has 2 N–H and O–H groups in total. The number of carboxylic acids is 1. The Morgan fingerprint density at radius 2 is 1.95 bits per heavy atom. The highest BCUT2D eigenvalue weighted by molar-refractivity contribution is 5.73. The van der Waals surface area contributed by atoms with Crippen LogP contribution in [0, 0.1) is 5.41 Å².